The quantitative estimate of drug-likeness (QED) is 0.597. The number of hydrogen-bond donors (Lipinski definition) is 0. The van der Waals surface area contributed by atoms with Gasteiger partial charge in [0.15, 0.2) is 5.78 Å². The van der Waals surface area contributed by atoms with E-state index in [0.29, 0.717) is 38.1 Å². The number of benzene rings is 1. The highest BCUT2D eigenvalue weighted by Crippen LogP contribution is 2.19. The molecule has 5 heteroatoms. The zero-order chi connectivity index (χ0) is 16.7. The monoisotopic (exact) mass is 317 g/mol. The Morgan fingerprint density at radius 3 is 2.35 bits per heavy atom. The largest absolute Gasteiger partial charge is 0.466 e. The van der Waals surface area contributed by atoms with E-state index >= 15 is 0 Å². The molecule has 0 aromatic heterocycles. The third kappa shape index (κ3) is 4.91. The number of ketones is 1. The number of esters is 1. The van der Waals surface area contributed by atoms with Gasteiger partial charge in [0.25, 0.3) is 0 Å². The van der Waals surface area contributed by atoms with E-state index in [9.17, 15) is 14.4 Å². The number of ether oxygens (including phenoxy) is 1. The van der Waals surface area contributed by atoms with Crippen LogP contribution in [0, 0.1) is 5.92 Å². The number of rotatable bonds is 6. The molecule has 0 bridgehead atoms. The Hall–Kier alpha value is -2.17. The standard InChI is InChI=1S/C18H23NO4/c1-2-23-18(22)15-10-12-19(13-11-15)17(21)9-8-16(20)14-6-4-3-5-7-14/h3-7,15H,2,8-13H2,1H3. The number of nitrogens with zero attached hydrogens (tertiary/aromatic N) is 1. The van der Waals surface area contributed by atoms with Crippen molar-refractivity contribution in [2.45, 2.75) is 32.6 Å². The van der Waals surface area contributed by atoms with Crippen LogP contribution in [-0.4, -0.2) is 42.3 Å². The fraction of sp³-hybridized carbons (Fsp3) is 0.500. The summed E-state index contributed by atoms with van der Waals surface area (Å²) in [5, 5.41) is 0. The molecule has 1 aliphatic heterocycles. The fourth-order valence-corrected chi connectivity index (χ4v) is 2.77. The summed E-state index contributed by atoms with van der Waals surface area (Å²) in [5.41, 5.74) is 0.640. The Balaban J connectivity index is 1.75. The SMILES string of the molecule is CCOC(=O)C1CCN(C(=O)CCC(=O)c2ccccc2)CC1. The molecule has 1 aromatic rings. The minimum absolute atomic E-state index is 0.0136. The lowest BCUT2D eigenvalue weighted by molar-refractivity contribution is -0.151. The fourth-order valence-electron chi connectivity index (χ4n) is 2.77. The van der Waals surface area contributed by atoms with Gasteiger partial charge in [0, 0.05) is 31.5 Å². The van der Waals surface area contributed by atoms with Crippen molar-refractivity contribution < 1.29 is 19.1 Å². The van der Waals surface area contributed by atoms with Gasteiger partial charge in [-0.3, -0.25) is 14.4 Å². The number of amides is 1. The van der Waals surface area contributed by atoms with Crippen molar-refractivity contribution in [3.8, 4) is 0 Å². The van der Waals surface area contributed by atoms with Crippen molar-refractivity contribution in [1.29, 1.82) is 0 Å². The number of piperidine rings is 1. The molecule has 0 atom stereocenters. The van der Waals surface area contributed by atoms with Gasteiger partial charge in [0.05, 0.1) is 12.5 Å². The smallest absolute Gasteiger partial charge is 0.309 e. The second-order valence-corrected chi connectivity index (χ2v) is 5.70. The summed E-state index contributed by atoms with van der Waals surface area (Å²) in [5.74, 6) is -0.305. The third-order valence-electron chi connectivity index (χ3n) is 4.13. The van der Waals surface area contributed by atoms with E-state index in [-0.39, 0.29) is 36.4 Å². The zero-order valence-corrected chi connectivity index (χ0v) is 13.5. The van der Waals surface area contributed by atoms with Crippen LogP contribution >= 0.6 is 0 Å². The molecule has 1 amide bonds. The lowest BCUT2D eigenvalue weighted by Crippen LogP contribution is -2.40. The number of Topliss-reactive ketones (excluding diaryl/α,β-unsaturated/α-hetero) is 1. The summed E-state index contributed by atoms with van der Waals surface area (Å²) < 4.78 is 5.02. The van der Waals surface area contributed by atoms with Crippen molar-refractivity contribution in [3.63, 3.8) is 0 Å². The van der Waals surface area contributed by atoms with E-state index in [0.717, 1.165) is 0 Å². The average molecular weight is 317 g/mol. The molecule has 0 saturated carbocycles. The van der Waals surface area contributed by atoms with Crippen LogP contribution in [0.15, 0.2) is 30.3 Å². The Morgan fingerprint density at radius 2 is 1.74 bits per heavy atom. The van der Waals surface area contributed by atoms with Gasteiger partial charge >= 0.3 is 5.97 Å². The van der Waals surface area contributed by atoms with E-state index in [4.69, 9.17) is 4.74 Å². The van der Waals surface area contributed by atoms with Gasteiger partial charge < -0.3 is 9.64 Å². The van der Waals surface area contributed by atoms with Crippen LogP contribution in [0.1, 0.15) is 43.0 Å². The van der Waals surface area contributed by atoms with Crippen LogP contribution in [-0.2, 0) is 14.3 Å². The summed E-state index contributed by atoms with van der Waals surface area (Å²) in [4.78, 5) is 37.6. The maximum Gasteiger partial charge on any atom is 0.309 e. The molecule has 2 rings (SSSR count). The Labute approximate surface area is 136 Å². The Kier molecular flexibility index (Phi) is 6.32. The third-order valence-corrected chi connectivity index (χ3v) is 4.13. The second kappa shape index (κ2) is 8.46. The number of hydrogen-bond acceptors (Lipinski definition) is 4. The molecular formula is C18H23NO4. The summed E-state index contributed by atoms with van der Waals surface area (Å²) in [6.45, 7) is 3.30. The first kappa shape index (κ1) is 17.2. The molecule has 0 unspecified atom stereocenters. The van der Waals surface area contributed by atoms with Crippen LogP contribution < -0.4 is 0 Å². The van der Waals surface area contributed by atoms with Gasteiger partial charge in [0.2, 0.25) is 5.91 Å². The predicted octanol–water partition coefficient (Wildman–Crippen LogP) is 2.45. The van der Waals surface area contributed by atoms with Crippen LogP contribution in [0.2, 0.25) is 0 Å². The number of carbonyl (C=O) groups excluding carboxylic acids is 3. The summed E-state index contributed by atoms with van der Waals surface area (Å²) >= 11 is 0. The minimum Gasteiger partial charge on any atom is -0.466 e. The topological polar surface area (TPSA) is 63.7 Å². The molecule has 1 saturated heterocycles. The van der Waals surface area contributed by atoms with E-state index in [1.54, 1.807) is 24.0 Å². The Bertz CT molecular complexity index is 547. The van der Waals surface area contributed by atoms with Gasteiger partial charge in [-0.1, -0.05) is 30.3 Å². The van der Waals surface area contributed by atoms with Crippen molar-refractivity contribution in [2.75, 3.05) is 19.7 Å². The van der Waals surface area contributed by atoms with Crippen LogP contribution in [0.3, 0.4) is 0 Å². The highest BCUT2D eigenvalue weighted by molar-refractivity contribution is 5.97. The van der Waals surface area contributed by atoms with E-state index in [1.807, 2.05) is 18.2 Å². The molecule has 1 aliphatic rings. The average Bonchev–Trinajstić information content (AvgIpc) is 2.60. The molecule has 0 spiro atoms. The lowest BCUT2D eigenvalue weighted by Gasteiger charge is -2.30. The molecule has 124 valence electrons. The summed E-state index contributed by atoms with van der Waals surface area (Å²) in [6, 6.07) is 9.01. The van der Waals surface area contributed by atoms with Gasteiger partial charge in [-0.05, 0) is 19.8 Å². The van der Waals surface area contributed by atoms with E-state index < -0.39 is 0 Å². The second-order valence-electron chi connectivity index (χ2n) is 5.70. The first-order valence-electron chi connectivity index (χ1n) is 8.14. The van der Waals surface area contributed by atoms with Gasteiger partial charge in [-0.25, -0.2) is 0 Å². The van der Waals surface area contributed by atoms with Crippen LogP contribution in [0.4, 0.5) is 0 Å². The first-order chi connectivity index (χ1) is 11.1. The molecule has 23 heavy (non-hydrogen) atoms. The van der Waals surface area contributed by atoms with Gasteiger partial charge in [0.1, 0.15) is 0 Å². The molecular weight excluding hydrogens is 294 g/mol. The minimum atomic E-state index is -0.168. The molecule has 0 radical (unpaired) electrons. The normalized spacial score (nSPS) is 15.3. The number of likely N-dealkylation sites (tertiary alicyclic amines) is 1. The summed E-state index contributed by atoms with van der Waals surface area (Å²) in [7, 11) is 0. The highest BCUT2D eigenvalue weighted by atomic mass is 16.5. The molecule has 1 fully saturated rings. The van der Waals surface area contributed by atoms with Crippen molar-refractivity contribution >= 4 is 17.7 Å². The van der Waals surface area contributed by atoms with Gasteiger partial charge in [-0.2, -0.15) is 0 Å². The molecule has 5 nitrogen and oxygen atoms in total. The van der Waals surface area contributed by atoms with Crippen molar-refractivity contribution in [1.82, 2.24) is 4.90 Å². The van der Waals surface area contributed by atoms with Gasteiger partial charge in [-0.15, -0.1) is 0 Å². The number of carbonyl (C=O) groups is 3. The van der Waals surface area contributed by atoms with Crippen molar-refractivity contribution in [2.24, 2.45) is 5.92 Å². The van der Waals surface area contributed by atoms with Crippen LogP contribution in [0.25, 0.3) is 0 Å². The zero-order valence-electron chi connectivity index (χ0n) is 13.5. The molecule has 0 N–H and O–H groups in total. The molecule has 1 heterocycles. The lowest BCUT2D eigenvalue weighted by atomic mass is 9.96. The van der Waals surface area contributed by atoms with E-state index in [1.165, 1.54) is 0 Å². The highest BCUT2D eigenvalue weighted by Gasteiger charge is 2.28. The summed E-state index contributed by atoms with van der Waals surface area (Å²) in [6.07, 6.45) is 1.72. The Morgan fingerprint density at radius 1 is 1.09 bits per heavy atom. The molecule has 1 aromatic carbocycles. The van der Waals surface area contributed by atoms with Crippen molar-refractivity contribution in [3.05, 3.63) is 35.9 Å². The maximum absolute atomic E-state index is 12.2. The van der Waals surface area contributed by atoms with E-state index in [2.05, 4.69) is 0 Å². The maximum atomic E-state index is 12.2. The predicted molar refractivity (Wildman–Crippen MR) is 85.9 cm³/mol. The molecule has 0 aliphatic carbocycles. The van der Waals surface area contributed by atoms with Crippen LogP contribution in [0.5, 0.6) is 0 Å². The first-order valence-corrected chi connectivity index (χ1v) is 8.14.